The van der Waals surface area contributed by atoms with Crippen LogP contribution in [0.2, 0.25) is 0 Å². The van der Waals surface area contributed by atoms with E-state index in [1.54, 1.807) is 0 Å². The number of H-pyrrole nitrogens is 1. The third-order valence-corrected chi connectivity index (χ3v) is 3.19. The number of nitrogens with zero attached hydrogens (tertiary/aromatic N) is 2. The highest BCUT2D eigenvalue weighted by molar-refractivity contribution is 9.10. The summed E-state index contributed by atoms with van der Waals surface area (Å²) in [7, 11) is 0. The zero-order valence-corrected chi connectivity index (χ0v) is 8.07. The summed E-state index contributed by atoms with van der Waals surface area (Å²) in [5, 5.41) is 6.81. The third kappa shape index (κ3) is 1.01. The van der Waals surface area contributed by atoms with Crippen LogP contribution in [0.3, 0.4) is 0 Å². The number of aromatic amines is 1. The molecule has 2 aromatic heterocycles. The van der Waals surface area contributed by atoms with Crippen LogP contribution in [0.15, 0.2) is 4.60 Å². The number of fused-ring (bicyclic) bond motifs is 1. The molecule has 2 heterocycles. The van der Waals surface area contributed by atoms with Crippen LogP contribution >= 0.6 is 27.3 Å². The maximum atomic E-state index is 10.7. The molecule has 0 radical (unpaired) electrons. The molecule has 0 unspecified atom stereocenters. The van der Waals surface area contributed by atoms with Gasteiger partial charge in [0.15, 0.2) is 10.7 Å². The van der Waals surface area contributed by atoms with E-state index >= 15 is 0 Å². The molecule has 0 aliphatic heterocycles. The number of aromatic nitrogens is 3. The first-order valence-corrected chi connectivity index (χ1v) is 4.59. The molecule has 1 amide bonds. The molecule has 0 aliphatic carbocycles. The van der Waals surface area contributed by atoms with E-state index in [2.05, 4.69) is 31.1 Å². The maximum Gasteiger partial charge on any atom is 0.277 e. The van der Waals surface area contributed by atoms with Crippen molar-refractivity contribution in [2.24, 2.45) is 5.73 Å². The molecule has 0 saturated carbocycles. The standard InChI is InChI=1S/C5H3BrN4OS/c6-2-1-4(10-9-2)8-5(12-1)3(7)11/h(H2,7,11)(H,9,10). The smallest absolute Gasteiger partial charge is 0.277 e. The molecule has 0 aliphatic rings. The molecule has 3 N–H and O–H groups in total. The average molecular weight is 247 g/mol. The van der Waals surface area contributed by atoms with Crippen molar-refractivity contribution in [1.82, 2.24) is 15.2 Å². The Hall–Kier alpha value is -0.950. The lowest BCUT2D eigenvalue weighted by atomic mass is 10.6. The summed E-state index contributed by atoms with van der Waals surface area (Å²) in [5.74, 6) is -0.523. The van der Waals surface area contributed by atoms with E-state index in [9.17, 15) is 4.79 Å². The fourth-order valence-electron chi connectivity index (χ4n) is 0.789. The number of amides is 1. The monoisotopic (exact) mass is 246 g/mol. The predicted octanol–water partition coefficient (Wildman–Crippen LogP) is 0.881. The van der Waals surface area contributed by atoms with Gasteiger partial charge >= 0.3 is 0 Å². The van der Waals surface area contributed by atoms with E-state index < -0.39 is 5.91 Å². The molecular formula is C5H3BrN4OS. The van der Waals surface area contributed by atoms with Gasteiger partial charge in [-0.15, -0.1) is 11.3 Å². The first-order valence-electron chi connectivity index (χ1n) is 2.98. The van der Waals surface area contributed by atoms with Crippen LogP contribution in [0.1, 0.15) is 9.80 Å². The first kappa shape index (κ1) is 7.69. The van der Waals surface area contributed by atoms with Gasteiger partial charge in [0.2, 0.25) is 0 Å². The first-order chi connectivity index (χ1) is 5.68. The zero-order valence-electron chi connectivity index (χ0n) is 5.67. The van der Waals surface area contributed by atoms with Crippen molar-refractivity contribution < 1.29 is 4.79 Å². The normalized spacial score (nSPS) is 10.8. The fraction of sp³-hybridized carbons (Fsp3) is 0. The maximum absolute atomic E-state index is 10.7. The van der Waals surface area contributed by atoms with Crippen molar-refractivity contribution in [1.29, 1.82) is 0 Å². The van der Waals surface area contributed by atoms with Crippen LogP contribution in [-0.2, 0) is 0 Å². The number of halogens is 1. The van der Waals surface area contributed by atoms with Gasteiger partial charge in [0.25, 0.3) is 5.91 Å². The fourth-order valence-corrected chi connectivity index (χ4v) is 2.04. The number of nitrogens with one attached hydrogen (secondary N) is 1. The van der Waals surface area contributed by atoms with Crippen LogP contribution in [0, 0.1) is 0 Å². The van der Waals surface area contributed by atoms with Crippen LogP contribution in [-0.4, -0.2) is 21.1 Å². The number of rotatable bonds is 1. The van der Waals surface area contributed by atoms with E-state index in [0.29, 0.717) is 5.65 Å². The molecule has 2 aromatic rings. The third-order valence-electron chi connectivity index (χ3n) is 1.28. The van der Waals surface area contributed by atoms with E-state index in [4.69, 9.17) is 5.73 Å². The number of nitrogens with two attached hydrogens (primary N) is 1. The molecule has 0 saturated heterocycles. The summed E-state index contributed by atoms with van der Waals surface area (Å²) < 4.78 is 1.53. The minimum atomic E-state index is -0.523. The second-order valence-electron chi connectivity index (χ2n) is 2.07. The number of carbonyl (C=O) groups is 1. The predicted molar refractivity (Wildman–Crippen MR) is 48.0 cm³/mol. The van der Waals surface area contributed by atoms with Gasteiger partial charge < -0.3 is 5.73 Å². The van der Waals surface area contributed by atoms with Crippen LogP contribution < -0.4 is 5.73 Å². The summed E-state index contributed by atoms with van der Waals surface area (Å²) in [5.41, 5.74) is 5.56. The molecular weight excluding hydrogens is 244 g/mol. The summed E-state index contributed by atoms with van der Waals surface area (Å²) in [6.45, 7) is 0. The van der Waals surface area contributed by atoms with Crippen molar-refractivity contribution in [3.05, 3.63) is 9.61 Å². The number of thiazole rings is 1. The Bertz CT molecular complexity index is 447. The molecule has 0 atom stereocenters. The van der Waals surface area contributed by atoms with Crippen molar-refractivity contribution in [2.45, 2.75) is 0 Å². The summed E-state index contributed by atoms with van der Waals surface area (Å²) in [4.78, 5) is 14.6. The minimum absolute atomic E-state index is 0.280. The molecule has 7 heteroatoms. The van der Waals surface area contributed by atoms with Gasteiger partial charge in [0.1, 0.15) is 9.30 Å². The van der Waals surface area contributed by atoms with Gasteiger partial charge in [0, 0.05) is 0 Å². The molecule has 62 valence electrons. The quantitative estimate of drug-likeness (QED) is 0.784. The summed E-state index contributed by atoms with van der Waals surface area (Å²) >= 11 is 4.44. The van der Waals surface area contributed by atoms with Gasteiger partial charge in [-0.2, -0.15) is 5.10 Å². The number of hydrogen-bond donors (Lipinski definition) is 2. The molecule has 0 bridgehead atoms. The van der Waals surface area contributed by atoms with Crippen LogP contribution in [0.4, 0.5) is 0 Å². The van der Waals surface area contributed by atoms with E-state index in [0.717, 1.165) is 9.30 Å². The van der Waals surface area contributed by atoms with Crippen molar-refractivity contribution in [2.75, 3.05) is 0 Å². The molecule has 0 fully saturated rings. The highest BCUT2D eigenvalue weighted by Crippen LogP contribution is 2.26. The molecule has 0 spiro atoms. The summed E-state index contributed by atoms with van der Waals surface area (Å²) in [6.07, 6.45) is 0. The Labute approximate surface area is 79.1 Å². The minimum Gasteiger partial charge on any atom is -0.364 e. The average Bonchev–Trinajstić information content (AvgIpc) is 2.53. The van der Waals surface area contributed by atoms with Crippen molar-refractivity contribution in [3.8, 4) is 0 Å². The van der Waals surface area contributed by atoms with Gasteiger partial charge in [-0.1, -0.05) is 0 Å². The Kier molecular flexibility index (Phi) is 1.62. The number of hydrogen-bond acceptors (Lipinski definition) is 4. The lowest BCUT2D eigenvalue weighted by Gasteiger charge is -1.81. The van der Waals surface area contributed by atoms with Gasteiger partial charge in [-0.25, -0.2) is 4.98 Å². The van der Waals surface area contributed by atoms with Gasteiger partial charge in [0.05, 0.1) is 0 Å². The topological polar surface area (TPSA) is 84.7 Å². The molecule has 0 aromatic carbocycles. The number of primary amides is 1. The molecule has 5 nitrogen and oxygen atoms in total. The largest absolute Gasteiger partial charge is 0.364 e. The number of carbonyl (C=O) groups excluding carboxylic acids is 1. The highest BCUT2D eigenvalue weighted by atomic mass is 79.9. The van der Waals surface area contributed by atoms with Gasteiger partial charge in [-0.05, 0) is 15.9 Å². The second-order valence-corrected chi connectivity index (χ2v) is 3.87. The van der Waals surface area contributed by atoms with E-state index in [1.165, 1.54) is 11.3 Å². The zero-order chi connectivity index (χ0) is 8.72. The molecule has 12 heavy (non-hydrogen) atoms. The van der Waals surface area contributed by atoms with Crippen molar-refractivity contribution >= 4 is 43.5 Å². The molecule has 2 rings (SSSR count). The lowest BCUT2D eigenvalue weighted by molar-refractivity contribution is 0.1000. The SMILES string of the molecule is NC(=O)c1nc2n[nH]c(Br)c2s1. The van der Waals surface area contributed by atoms with Crippen LogP contribution in [0.25, 0.3) is 10.3 Å². The Morgan fingerprint density at radius 1 is 1.67 bits per heavy atom. The Balaban J connectivity index is 2.70. The lowest BCUT2D eigenvalue weighted by Crippen LogP contribution is -2.09. The second kappa shape index (κ2) is 2.53. The Morgan fingerprint density at radius 2 is 2.42 bits per heavy atom. The van der Waals surface area contributed by atoms with E-state index in [1.807, 2.05) is 0 Å². The van der Waals surface area contributed by atoms with E-state index in [-0.39, 0.29) is 5.01 Å². The Morgan fingerprint density at radius 3 is 3.00 bits per heavy atom. The van der Waals surface area contributed by atoms with Crippen LogP contribution in [0.5, 0.6) is 0 Å². The van der Waals surface area contributed by atoms with Gasteiger partial charge in [-0.3, -0.25) is 9.89 Å². The van der Waals surface area contributed by atoms with Crippen molar-refractivity contribution in [3.63, 3.8) is 0 Å². The highest BCUT2D eigenvalue weighted by Gasteiger charge is 2.12. The summed E-state index contributed by atoms with van der Waals surface area (Å²) in [6, 6.07) is 0.